The smallest absolute Gasteiger partial charge is 0.200 e. The molecular weight excluding hydrogens is 404 g/mol. The van der Waals surface area contributed by atoms with E-state index in [0.717, 1.165) is 25.7 Å². The molecule has 0 spiro atoms. The minimum absolute atomic E-state index is 0.0442. The summed E-state index contributed by atoms with van der Waals surface area (Å²) in [7, 11) is 0. The second-order valence-corrected chi connectivity index (χ2v) is 9.41. The van der Waals surface area contributed by atoms with Crippen LogP contribution in [0, 0.1) is 12.8 Å². The van der Waals surface area contributed by atoms with Crippen molar-refractivity contribution in [3.8, 4) is 11.5 Å². The Kier molecular flexibility index (Phi) is 5.89. The third-order valence-corrected chi connectivity index (χ3v) is 7.29. The first-order chi connectivity index (χ1) is 15.3. The molecule has 2 aliphatic rings. The van der Waals surface area contributed by atoms with Gasteiger partial charge in [0.25, 0.3) is 0 Å². The fourth-order valence-corrected chi connectivity index (χ4v) is 5.49. The molecule has 0 radical (unpaired) electrons. The number of phenolic OH excluding ortho intramolecular Hbond substituents is 2. The highest BCUT2D eigenvalue weighted by molar-refractivity contribution is 6.33. The van der Waals surface area contributed by atoms with Crippen LogP contribution in [0.1, 0.15) is 107 Å². The molecule has 0 atom stereocenters. The summed E-state index contributed by atoms with van der Waals surface area (Å²) in [6.07, 6.45) is 8.98. The van der Waals surface area contributed by atoms with Gasteiger partial charge in [0, 0.05) is 11.4 Å². The van der Waals surface area contributed by atoms with Gasteiger partial charge in [0.2, 0.25) is 11.6 Å². The number of aryl methyl sites for hydroxylation is 1. The van der Waals surface area contributed by atoms with E-state index < -0.39 is 11.6 Å². The van der Waals surface area contributed by atoms with Gasteiger partial charge in [-0.25, -0.2) is 0 Å². The van der Waals surface area contributed by atoms with Gasteiger partial charge in [-0.05, 0) is 67.7 Å². The van der Waals surface area contributed by atoms with Crippen LogP contribution in [0.2, 0.25) is 0 Å². The van der Waals surface area contributed by atoms with Crippen LogP contribution in [0.3, 0.4) is 0 Å². The van der Waals surface area contributed by atoms with E-state index >= 15 is 0 Å². The zero-order chi connectivity index (χ0) is 23.2. The van der Waals surface area contributed by atoms with Gasteiger partial charge in [-0.1, -0.05) is 32.6 Å². The Morgan fingerprint density at radius 1 is 0.844 bits per heavy atom. The van der Waals surface area contributed by atoms with Crippen molar-refractivity contribution in [2.75, 3.05) is 11.5 Å². The van der Waals surface area contributed by atoms with Crippen LogP contribution in [-0.4, -0.2) is 21.8 Å². The molecule has 0 bridgehead atoms. The monoisotopic (exact) mass is 436 g/mol. The van der Waals surface area contributed by atoms with Crippen molar-refractivity contribution in [1.29, 1.82) is 0 Å². The largest absolute Gasteiger partial charge is 0.507 e. The number of hydrogen-bond acceptors (Lipinski definition) is 6. The van der Waals surface area contributed by atoms with Crippen molar-refractivity contribution in [2.45, 2.75) is 71.1 Å². The molecule has 2 aromatic rings. The third kappa shape index (κ3) is 3.51. The third-order valence-electron chi connectivity index (χ3n) is 7.29. The van der Waals surface area contributed by atoms with Crippen LogP contribution < -0.4 is 11.5 Å². The van der Waals surface area contributed by atoms with Crippen LogP contribution in [0.4, 0.5) is 11.4 Å². The Morgan fingerprint density at radius 3 is 2.00 bits per heavy atom. The zero-order valence-electron chi connectivity index (χ0n) is 18.8. The molecule has 6 nitrogen and oxygen atoms in total. The number of aromatic hydroxyl groups is 2. The number of carbonyl (C=O) groups is 2. The summed E-state index contributed by atoms with van der Waals surface area (Å²) in [5.41, 5.74) is 13.3. The molecule has 6 N–H and O–H groups in total. The average Bonchev–Trinajstić information content (AvgIpc) is 2.76. The zero-order valence-corrected chi connectivity index (χ0v) is 18.8. The number of ketones is 2. The van der Waals surface area contributed by atoms with Crippen molar-refractivity contribution in [3.63, 3.8) is 0 Å². The molecule has 6 heteroatoms. The first-order valence-electron chi connectivity index (χ1n) is 11.6. The van der Waals surface area contributed by atoms with Gasteiger partial charge in [-0.2, -0.15) is 0 Å². The minimum Gasteiger partial charge on any atom is -0.507 e. The highest BCUT2D eigenvalue weighted by Crippen LogP contribution is 2.48. The molecule has 32 heavy (non-hydrogen) atoms. The average molecular weight is 437 g/mol. The maximum absolute atomic E-state index is 13.4. The lowest BCUT2D eigenvalue weighted by Gasteiger charge is -2.31. The summed E-state index contributed by atoms with van der Waals surface area (Å²) in [6.45, 7) is 3.82. The van der Waals surface area contributed by atoms with Gasteiger partial charge in [-0.3, -0.25) is 9.59 Å². The SMILES string of the molecule is CCCCC[C@H]1CC[C@H](c2cc(N)c3c(c2O)C(=O)c2c(N)cc(C)c(O)c2C3=O)CC1. The maximum atomic E-state index is 13.4. The van der Waals surface area contributed by atoms with Gasteiger partial charge in [0.15, 0.2) is 0 Å². The van der Waals surface area contributed by atoms with Crippen LogP contribution in [0.15, 0.2) is 12.1 Å². The minimum atomic E-state index is -0.582. The quantitative estimate of drug-likeness (QED) is 0.247. The number of nitrogens with two attached hydrogens (primary N) is 2. The van der Waals surface area contributed by atoms with Crippen molar-refractivity contribution in [3.05, 3.63) is 45.5 Å². The molecule has 0 aromatic heterocycles. The maximum Gasteiger partial charge on any atom is 0.200 e. The van der Waals surface area contributed by atoms with E-state index in [1.54, 1.807) is 13.0 Å². The first-order valence-corrected chi connectivity index (χ1v) is 11.6. The van der Waals surface area contributed by atoms with Crippen molar-refractivity contribution in [1.82, 2.24) is 0 Å². The second-order valence-electron chi connectivity index (χ2n) is 9.41. The summed E-state index contributed by atoms with van der Waals surface area (Å²) >= 11 is 0. The van der Waals surface area contributed by atoms with E-state index in [9.17, 15) is 19.8 Å². The molecule has 0 aliphatic heterocycles. The summed E-state index contributed by atoms with van der Waals surface area (Å²) in [6, 6.07) is 3.11. The molecule has 2 aromatic carbocycles. The number of unbranched alkanes of at least 4 members (excludes halogenated alkanes) is 2. The summed E-state index contributed by atoms with van der Waals surface area (Å²) in [4.78, 5) is 26.6. The Hall–Kier alpha value is -3.02. The molecule has 1 saturated carbocycles. The number of benzene rings is 2. The molecule has 0 saturated heterocycles. The number of rotatable bonds is 5. The van der Waals surface area contributed by atoms with Gasteiger partial charge in [0.1, 0.15) is 11.5 Å². The molecule has 170 valence electrons. The number of phenols is 2. The number of fused-ring (bicyclic) bond motifs is 2. The summed E-state index contributed by atoms with van der Waals surface area (Å²) < 4.78 is 0. The van der Waals surface area contributed by atoms with E-state index in [0.29, 0.717) is 17.0 Å². The lowest BCUT2D eigenvalue weighted by atomic mass is 9.74. The van der Waals surface area contributed by atoms with Gasteiger partial charge < -0.3 is 21.7 Å². The van der Waals surface area contributed by atoms with Crippen LogP contribution >= 0.6 is 0 Å². The Labute approximate surface area is 188 Å². The summed E-state index contributed by atoms with van der Waals surface area (Å²) in [5, 5.41) is 21.6. The Morgan fingerprint density at radius 2 is 1.41 bits per heavy atom. The fraction of sp³-hybridized carbons (Fsp3) is 0.462. The first kappa shape index (κ1) is 22.2. The molecule has 0 unspecified atom stereocenters. The Bertz CT molecular complexity index is 1100. The normalized spacial score (nSPS) is 20.2. The molecular formula is C26H32N2O4. The Balaban J connectivity index is 1.70. The van der Waals surface area contributed by atoms with Gasteiger partial charge >= 0.3 is 0 Å². The van der Waals surface area contributed by atoms with Gasteiger partial charge in [-0.15, -0.1) is 0 Å². The number of nitrogen functional groups attached to an aromatic ring is 2. The second kappa shape index (κ2) is 8.49. The molecule has 4 rings (SSSR count). The highest BCUT2D eigenvalue weighted by atomic mass is 16.3. The van der Waals surface area contributed by atoms with E-state index in [1.807, 2.05) is 0 Å². The van der Waals surface area contributed by atoms with E-state index in [2.05, 4.69) is 6.92 Å². The molecule has 2 aliphatic carbocycles. The van der Waals surface area contributed by atoms with Gasteiger partial charge in [0.05, 0.1) is 22.3 Å². The molecule has 0 amide bonds. The summed E-state index contributed by atoms with van der Waals surface area (Å²) in [5.74, 6) is -0.799. The van der Waals surface area contributed by atoms with Crippen molar-refractivity contribution < 1.29 is 19.8 Å². The number of hydrogen-bond donors (Lipinski definition) is 4. The lowest BCUT2D eigenvalue weighted by Crippen LogP contribution is -2.25. The van der Waals surface area contributed by atoms with Crippen molar-refractivity contribution in [2.24, 2.45) is 5.92 Å². The van der Waals surface area contributed by atoms with Crippen LogP contribution in [0.5, 0.6) is 11.5 Å². The van der Waals surface area contributed by atoms with Crippen LogP contribution in [0.25, 0.3) is 0 Å². The van der Waals surface area contributed by atoms with E-state index in [-0.39, 0.29) is 51.0 Å². The highest BCUT2D eigenvalue weighted by Gasteiger charge is 2.39. The van der Waals surface area contributed by atoms with Crippen LogP contribution in [-0.2, 0) is 0 Å². The fourth-order valence-electron chi connectivity index (χ4n) is 5.49. The molecule has 1 fully saturated rings. The molecule has 0 heterocycles. The standard InChI is InChI=1S/C26H32N2O4/c1-3-4-5-6-14-7-9-15(10-8-14)16-12-18(28)20-22(24(16)30)26(32)19-17(27)11-13(2)23(29)21(19)25(20)31/h11-12,14-15,29-30H,3-10,27-28H2,1-2H3/t14-,15-. The number of anilines is 2. The topological polar surface area (TPSA) is 127 Å². The number of carbonyl (C=O) groups excluding carboxylic acids is 2. The predicted octanol–water partition coefficient (Wildman–Crippen LogP) is 5.20. The lowest BCUT2D eigenvalue weighted by molar-refractivity contribution is 0.0975. The van der Waals surface area contributed by atoms with E-state index in [1.165, 1.54) is 31.7 Å². The van der Waals surface area contributed by atoms with Crippen molar-refractivity contribution >= 4 is 22.9 Å². The van der Waals surface area contributed by atoms with E-state index in [4.69, 9.17) is 11.5 Å². The predicted molar refractivity (Wildman–Crippen MR) is 125 cm³/mol.